The molecule has 7 rings (SSSR count). The molecule has 5 unspecified atom stereocenters. The van der Waals surface area contributed by atoms with Crippen LogP contribution in [0.1, 0.15) is 89.9 Å². The summed E-state index contributed by atoms with van der Waals surface area (Å²) in [7, 11) is 0. The van der Waals surface area contributed by atoms with Crippen LogP contribution in [0.3, 0.4) is 0 Å². The van der Waals surface area contributed by atoms with Crippen LogP contribution in [0.5, 0.6) is 0 Å². The molecule has 1 heteroatoms. The highest BCUT2D eigenvalue weighted by Gasteiger charge is 2.37. The first kappa shape index (κ1) is 23.9. The molecule has 0 aromatic rings. The van der Waals surface area contributed by atoms with Crippen molar-refractivity contribution in [2.75, 3.05) is 6.54 Å². The first-order valence-electron chi connectivity index (χ1n) is 15.7. The summed E-state index contributed by atoms with van der Waals surface area (Å²) in [5.41, 5.74) is 10.4. The van der Waals surface area contributed by atoms with E-state index in [0.29, 0.717) is 5.92 Å². The molecule has 0 bridgehead atoms. The first-order chi connectivity index (χ1) is 18.3. The Labute approximate surface area is 225 Å². The molecule has 0 radical (unpaired) electrons. The van der Waals surface area contributed by atoms with E-state index in [-0.39, 0.29) is 0 Å². The highest BCUT2D eigenvalue weighted by atomic mass is 14.7. The summed E-state index contributed by atoms with van der Waals surface area (Å²) in [6.45, 7) is 1.03. The Hall–Kier alpha value is -2.15. The van der Waals surface area contributed by atoms with Crippen LogP contribution in [0.2, 0.25) is 0 Å². The van der Waals surface area contributed by atoms with Crippen molar-refractivity contribution in [3.63, 3.8) is 0 Å². The van der Waals surface area contributed by atoms with Gasteiger partial charge >= 0.3 is 0 Å². The fourth-order valence-corrected chi connectivity index (χ4v) is 8.96. The Kier molecular flexibility index (Phi) is 6.82. The van der Waals surface area contributed by atoms with Gasteiger partial charge in [-0.2, -0.15) is 0 Å². The molecule has 0 aromatic carbocycles. The SMILES string of the molecule is C1=CC2CCC(C3CCC(C4=CC=C([C@H]5CCC=C(C6CC=NC6)C5)CC4)=C4C=CCCC43)=CC2CC1. The number of aliphatic imine (C=N–C) groups is 1. The third-order valence-corrected chi connectivity index (χ3v) is 11.0. The monoisotopic (exact) mass is 491 g/mol. The van der Waals surface area contributed by atoms with Crippen LogP contribution >= 0.6 is 0 Å². The molecule has 0 saturated carbocycles. The van der Waals surface area contributed by atoms with Gasteiger partial charge in [0.15, 0.2) is 0 Å². The normalized spacial score (nSPS) is 37.4. The molecule has 1 aliphatic heterocycles. The average Bonchev–Trinajstić information content (AvgIpc) is 3.52. The van der Waals surface area contributed by atoms with Gasteiger partial charge in [0.05, 0.1) is 0 Å². The Bertz CT molecular complexity index is 1140. The molecule has 6 atom stereocenters. The summed E-state index contributed by atoms with van der Waals surface area (Å²) < 4.78 is 0. The summed E-state index contributed by atoms with van der Waals surface area (Å²) in [5.74, 6) is 4.69. The minimum absolute atomic E-state index is 0.704. The molecule has 0 spiro atoms. The zero-order valence-corrected chi connectivity index (χ0v) is 22.7. The van der Waals surface area contributed by atoms with Crippen molar-refractivity contribution in [1.29, 1.82) is 0 Å². The minimum atomic E-state index is 0.704. The lowest BCUT2D eigenvalue weighted by Gasteiger charge is -2.41. The lowest BCUT2D eigenvalue weighted by Crippen LogP contribution is -2.29. The van der Waals surface area contributed by atoms with Gasteiger partial charge < -0.3 is 0 Å². The predicted octanol–water partition coefficient (Wildman–Crippen LogP) is 9.43. The standard InChI is InChI=1S/C36H45N/c1-2-7-28-23-31(17-14-25(28)6-1)34-19-18-33(35-10-3-4-11-36(34)35)27-15-12-26(13-16-27)29-8-5-9-30(22-29)32-20-21-37-24-32/h1,3,6,9-10,12,15,21,23,25,28-29,32,34,36H,2,4-5,7-8,11,13-14,16-20,22,24H2/t25?,28?,29-,32?,34?,36?/m0/s1. The molecule has 7 aliphatic rings. The van der Waals surface area contributed by atoms with Crippen molar-refractivity contribution in [2.45, 2.75) is 89.9 Å². The minimum Gasteiger partial charge on any atom is -0.297 e. The molecule has 0 aromatic heterocycles. The lowest BCUT2D eigenvalue weighted by atomic mass is 9.63. The molecule has 6 aliphatic carbocycles. The molecule has 0 N–H and O–H groups in total. The zero-order valence-electron chi connectivity index (χ0n) is 22.7. The molecule has 1 heterocycles. The molecular weight excluding hydrogens is 446 g/mol. The van der Waals surface area contributed by atoms with Crippen molar-refractivity contribution in [2.24, 2.45) is 40.5 Å². The van der Waals surface area contributed by atoms with Crippen LogP contribution in [-0.4, -0.2) is 12.8 Å². The zero-order chi connectivity index (χ0) is 24.6. The van der Waals surface area contributed by atoms with Crippen molar-refractivity contribution in [1.82, 2.24) is 0 Å². The quantitative estimate of drug-likeness (QED) is 0.347. The van der Waals surface area contributed by atoms with E-state index in [1.807, 2.05) is 5.57 Å². The molecule has 37 heavy (non-hydrogen) atoms. The van der Waals surface area contributed by atoms with Crippen molar-refractivity contribution in [3.05, 3.63) is 82.0 Å². The highest BCUT2D eigenvalue weighted by Crippen LogP contribution is 2.50. The van der Waals surface area contributed by atoms with Crippen LogP contribution in [0.4, 0.5) is 0 Å². The van der Waals surface area contributed by atoms with Gasteiger partial charge in [0, 0.05) is 12.5 Å². The molecule has 194 valence electrons. The van der Waals surface area contributed by atoms with E-state index in [4.69, 9.17) is 0 Å². The number of hydrogen-bond acceptors (Lipinski definition) is 1. The number of fused-ring (bicyclic) bond motifs is 2. The molecule has 0 fully saturated rings. The topological polar surface area (TPSA) is 12.4 Å². The van der Waals surface area contributed by atoms with E-state index < -0.39 is 0 Å². The number of allylic oxidation sites excluding steroid dienone is 13. The van der Waals surface area contributed by atoms with Crippen LogP contribution in [-0.2, 0) is 0 Å². The summed E-state index contributed by atoms with van der Waals surface area (Å²) in [4.78, 5) is 4.52. The van der Waals surface area contributed by atoms with Gasteiger partial charge in [-0.05, 0) is 142 Å². The second-order valence-corrected chi connectivity index (χ2v) is 13.0. The number of nitrogens with zero attached hydrogens (tertiary/aromatic N) is 1. The summed E-state index contributed by atoms with van der Waals surface area (Å²) >= 11 is 0. The van der Waals surface area contributed by atoms with E-state index in [2.05, 4.69) is 59.8 Å². The maximum atomic E-state index is 4.52. The number of rotatable bonds is 4. The van der Waals surface area contributed by atoms with Crippen molar-refractivity contribution < 1.29 is 0 Å². The Morgan fingerprint density at radius 1 is 0.703 bits per heavy atom. The van der Waals surface area contributed by atoms with Crippen molar-refractivity contribution >= 4 is 6.21 Å². The second-order valence-electron chi connectivity index (χ2n) is 13.0. The van der Waals surface area contributed by atoms with Gasteiger partial charge in [-0.1, -0.05) is 65.3 Å². The van der Waals surface area contributed by atoms with Gasteiger partial charge in [0.1, 0.15) is 0 Å². The van der Waals surface area contributed by atoms with Gasteiger partial charge in [0.2, 0.25) is 0 Å². The predicted molar refractivity (Wildman–Crippen MR) is 157 cm³/mol. The smallest absolute Gasteiger partial charge is 0.0454 e. The molecule has 0 saturated heterocycles. The summed E-state index contributed by atoms with van der Waals surface area (Å²) in [5, 5.41) is 0. The van der Waals surface area contributed by atoms with Crippen LogP contribution in [0.15, 0.2) is 87.0 Å². The fourth-order valence-electron chi connectivity index (χ4n) is 8.96. The van der Waals surface area contributed by atoms with Crippen LogP contribution in [0, 0.1) is 35.5 Å². The maximum absolute atomic E-state index is 4.52. The number of hydrogen-bond donors (Lipinski definition) is 0. The largest absolute Gasteiger partial charge is 0.297 e. The second kappa shape index (κ2) is 10.5. The van der Waals surface area contributed by atoms with E-state index in [1.54, 1.807) is 27.9 Å². The van der Waals surface area contributed by atoms with E-state index in [1.165, 1.54) is 89.9 Å². The van der Waals surface area contributed by atoms with E-state index >= 15 is 0 Å². The van der Waals surface area contributed by atoms with Gasteiger partial charge in [-0.25, -0.2) is 0 Å². The van der Waals surface area contributed by atoms with Crippen LogP contribution < -0.4 is 0 Å². The van der Waals surface area contributed by atoms with Crippen LogP contribution in [0.25, 0.3) is 0 Å². The average molecular weight is 492 g/mol. The third-order valence-electron chi connectivity index (χ3n) is 11.0. The summed E-state index contributed by atoms with van der Waals surface area (Å²) in [6.07, 6.45) is 40.9. The van der Waals surface area contributed by atoms with Crippen molar-refractivity contribution in [3.8, 4) is 0 Å². The Morgan fingerprint density at radius 3 is 2.57 bits per heavy atom. The van der Waals surface area contributed by atoms with Gasteiger partial charge in [-0.15, -0.1) is 0 Å². The fraction of sp³-hybridized carbons (Fsp3) is 0.583. The lowest BCUT2D eigenvalue weighted by molar-refractivity contribution is 0.316. The van der Waals surface area contributed by atoms with Gasteiger partial charge in [-0.3, -0.25) is 4.99 Å². The molecule has 0 amide bonds. The van der Waals surface area contributed by atoms with Gasteiger partial charge in [0.25, 0.3) is 0 Å². The molecule has 1 nitrogen and oxygen atoms in total. The van der Waals surface area contributed by atoms with E-state index in [0.717, 1.165) is 36.1 Å². The Balaban J connectivity index is 1.09. The molecular formula is C36H45N. The van der Waals surface area contributed by atoms with E-state index in [9.17, 15) is 0 Å². The third kappa shape index (κ3) is 4.77. The Morgan fingerprint density at radius 2 is 1.68 bits per heavy atom. The highest BCUT2D eigenvalue weighted by molar-refractivity contribution is 5.61. The maximum Gasteiger partial charge on any atom is 0.0454 e. The summed E-state index contributed by atoms with van der Waals surface area (Å²) in [6, 6.07) is 0. The first-order valence-corrected chi connectivity index (χ1v) is 15.7.